The van der Waals surface area contributed by atoms with Crippen LogP contribution in [0, 0.1) is 0 Å². The Morgan fingerprint density at radius 1 is 1.19 bits per heavy atom. The van der Waals surface area contributed by atoms with Gasteiger partial charge in [0.2, 0.25) is 0 Å². The molecule has 1 amide bonds. The Morgan fingerprint density at radius 2 is 1.94 bits per heavy atom. The van der Waals surface area contributed by atoms with Crippen LogP contribution < -0.4 is 4.74 Å². The molecule has 0 aliphatic carbocycles. The van der Waals surface area contributed by atoms with Gasteiger partial charge in [0, 0.05) is 18.7 Å². The first-order valence-electron chi connectivity index (χ1n) is 10.3. The van der Waals surface area contributed by atoms with E-state index in [1.807, 2.05) is 11.8 Å². The third kappa shape index (κ3) is 4.15. The molecule has 1 aliphatic heterocycles. The summed E-state index contributed by atoms with van der Waals surface area (Å²) in [7, 11) is 1.58. The zero-order valence-electron chi connectivity index (χ0n) is 18.1. The molecule has 10 nitrogen and oxygen atoms in total. The highest BCUT2D eigenvalue weighted by molar-refractivity contribution is 5.98. The molecule has 1 aliphatic rings. The van der Waals surface area contributed by atoms with Crippen LogP contribution in [0.1, 0.15) is 55.7 Å². The van der Waals surface area contributed by atoms with Gasteiger partial charge in [0.15, 0.2) is 0 Å². The summed E-state index contributed by atoms with van der Waals surface area (Å²) in [4.78, 5) is 18.5. The minimum absolute atomic E-state index is 0.0635. The number of carbonyl (C=O) groups excluding carboxylic acids is 1. The molecule has 1 N–H and O–H groups in total. The lowest BCUT2D eigenvalue weighted by molar-refractivity contribution is 0.0533. The second-order valence-corrected chi connectivity index (χ2v) is 8.35. The first-order chi connectivity index (χ1) is 14.8. The number of benzene rings is 1. The van der Waals surface area contributed by atoms with E-state index < -0.39 is 5.60 Å². The van der Waals surface area contributed by atoms with Gasteiger partial charge in [0.05, 0.1) is 37.3 Å². The predicted molar refractivity (Wildman–Crippen MR) is 112 cm³/mol. The number of likely N-dealkylation sites (tertiary alicyclic amines) is 1. The Morgan fingerprint density at radius 3 is 2.58 bits per heavy atom. The summed E-state index contributed by atoms with van der Waals surface area (Å²) < 4.78 is 5.32. The second kappa shape index (κ2) is 8.10. The number of piperidine rings is 1. The van der Waals surface area contributed by atoms with Crippen molar-refractivity contribution in [2.75, 3.05) is 13.7 Å². The summed E-state index contributed by atoms with van der Waals surface area (Å²) in [6.07, 6.45) is 6.38. The molecule has 31 heavy (non-hydrogen) atoms. The van der Waals surface area contributed by atoms with Crippen LogP contribution in [0.3, 0.4) is 0 Å². The van der Waals surface area contributed by atoms with Crippen molar-refractivity contribution in [2.24, 2.45) is 0 Å². The minimum atomic E-state index is -1.07. The van der Waals surface area contributed by atoms with Crippen LogP contribution in [0.15, 0.2) is 36.8 Å². The Labute approximate surface area is 180 Å². The maximum Gasteiger partial charge on any atom is 0.256 e. The van der Waals surface area contributed by atoms with Gasteiger partial charge in [-0.1, -0.05) is 0 Å². The normalized spacial score (nSPS) is 19.5. The molecule has 1 fully saturated rings. The number of rotatable bonds is 5. The van der Waals surface area contributed by atoms with E-state index >= 15 is 0 Å². The van der Waals surface area contributed by atoms with E-state index in [0.717, 1.165) is 12.8 Å². The SMILES string of the molecule is COc1ccc(C(=O)N2C[C@H](n3ncc(C(C)(C)O)n3)CC[C@H]2C)c(-n2nccn2)c1. The number of nitrogens with zero attached hydrogens (tertiary/aromatic N) is 7. The number of carbonyl (C=O) groups is 1. The van der Waals surface area contributed by atoms with Gasteiger partial charge >= 0.3 is 0 Å². The number of hydrogen-bond acceptors (Lipinski definition) is 7. The largest absolute Gasteiger partial charge is 0.497 e. The molecule has 1 saturated heterocycles. The highest BCUT2D eigenvalue weighted by Gasteiger charge is 2.33. The topological polar surface area (TPSA) is 111 Å². The molecule has 0 bridgehead atoms. The summed E-state index contributed by atoms with van der Waals surface area (Å²) in [6, 6.07) is 5.25. The number of amides is 1. The maximum atomic E-state index is 13.6. The smallest absolute Gasteiger partial charge is 0.256 e. The predicted octanol–water partition coefficient (Wildman–Crippen LogP) is 1.96. The van der Waals surface area contributed by atoms with Gasteiger partial charge in [-0.05, 0) is 45.7 Å². The summed E-state index contributed by atoms with van der Waals surface area (Å²) in [5.41, 5.74) is 0.497. The number of aromatic nitrogens is 6. The summed E-state index contributed by atoms with van der Waals surface area (Å²) >= 11 is 0. The van der Waals surface area contributed by atoms with Gasteiger partial charge in [-0.25, -0.2) is 0 Å². The van der Waals surface area contributed by atoms with Crippen LogP contribution in [0.2, 0.25) is 0 Å². The van der Waals surface area contributed by atoms with Crippen LogP contribution in [-0.4, -0.2) is 65.6 Å². The fraction of sp³-hybridized carbons (Fsp3) is 0.476. The molecule has 2 aromatic heterocycles. The Bertz CT molecular complexity index is 1060. The molecule has 2 atom stereocenters. The summed E-state index contributed by atoms with van der Waals surface area (Å²) in [6.45, 7) is 5.86. The molecule has 1 aromatic carbocycles. The average molecular weight is 425 g/mol. The van der Waals surface area contributed by atoms with E-state index in [1.54, 1.807) is 62.5 Å². The zero-order valence-corrected chi connectivity index (χ0v) is 18.1. The highest BCUT2D eigenvalue weighted by atomic mass is 16.5. The third-order valence-electron chi connectivity index (χ3n) is 5.65. The van der Waals surface area contributed by atoms with Crippen molar-refractivity contribution in [3.05, 3.63) is 48.0 Å². The summed E-state index contributed by atoms with van der Waals surface area (Å²) in [5.74, 6) is 0.510. The Balaban J connectivity index is 1.63. The van der Waals surface area contributed by atoms with Crippen LogP contribution in [0.5, 0.6) is 5.75 Å². The first kappa shape index (κ1) is 21.0. The van der Waals surface area contributed by atoms with E-state index in [0.29, 0.717) is 29.2 Å². The lowest BCUT2D eigenvalue weighted by Gasteiger charge is -2.37. The molecular weight excluding hydrogens is 398 g/mol. The van der Waals surface area contributed by atoms with E-state index in [1.165, 1.54) is 4.80 Å². The number of methoxy groups -OCH3 is 1. The molecule has 0 unspecified atom stereocenters. The van der Waals surface area contributed by atoms with E-state index in [9.17, 15) is 9.90 Å². The zero-order chi connectivity index (χ0) is 22.2. The van der Waals surface area contributed by atoms with Crippen LogP contribution in [0.25, 0.3) is 5.69 Å². The van der Waals surface area contributed by atoms with Gasteiger partial charge in [0.25, 0.3) is 5.91 Å². The maximum absolute atomic E-state index is 13.6. The second-order valence-electron chi connectivity index (χ2n) is 8.35. The van der Waals surface area contributed by atoms with Gasteiger partial charge in [-0.15, -0.1) is 0 Å². The standard InChI is InChI=1S/C21H27N7O3/c1-14-5-6-15(27-24-12-19(25-27)21(2,3)30)13-26(14)20(29)17-8-7-16(31-4)11-18(17)28-22-9-10-23-28/h7-12,14-15,30H,5-6,13H2,1-4H3/t14-,15-/m1/s1. The van der Waals surface area contributed by atoms with Crippen molar-refractivity contribution in [1.29, 1.82) is 0 Å². The first-order valence-corrected chi connectivity index (χ1v) is 10.3. The van der Waals surface area contributed by atoms with Gasteiger partial charge in [-0.2, -0.15) is 30.0 Å². The number of hydrogen-bond donors (Lipinski definition) is 1. The minimum Gasteiger partial charge on any atom is -0.497 e. The molecular formula is C21H27N7O3. The Kier molecular flexibility index (Phi) is 5.48. The highest BCUT2D eigenvalue weighted by Crippen LogP contribution is 2.29. The van der Waals surface area contributed by atoms with Crippen molar-refractivity contribution in [2.45, 2.75) is 51.3 Å². The number of ether oxygens (including phenoxy) is 1. The van der Waals surface area contributed by atoms with Crippen molar-refractivity contribution < 1.29 is 14.6 Å². The monoisotopic (exact) mass is 425 g/mol. The van der Waals surface area contributed by atoms with Gasteiger partial charge in [0.1, 0.15) is 22.7 Å². The molecule has 0 radical (unpaired) electrons. The lowest BCUT2D eigenvalue weighted by atomic mass is 9.98. The molecule has 4 rings (SSSR count). The van der Waals surface area contributed by atoms with Crippen LogP contribution in [-0.2, 0) is 5.60 Å². The van der Waals surface area contributed by atoms with Crippen LogP contribution >= 0.6 is 0 Å². The average Bonchev–Trinajstić information content (AvgIpc) is 3.45. The Hall–Kier alpha value is -3.27. The molecule has 164 valence electrons. The lowest BCUT2D eigenvalue weighted by Crippen LogP contribution is -2.46. The van der Waals surface area contributed by atoms with Gasteiger partial charge in [-0.3, -0.25) is 4.79 Å². The number of aliphatic hydroxyl groups is 1. The van der Waals surface area contributed by atoms with Crippen molar-refractivity contribution in [1.82, 2.24) is 34.9 Å². The van der Waals surface area contributed by atoms with E-state index in [-0.39, 0.29) is 18.0 Å². The van der Waals surface area contributed by atoms with E-state index in [2.05, 4.69) is 20.4 Å². The van der Waals surface area contributed by atoms with Crippen molar-refractivity contribution >= 4 is 5.91 Å². The molecule has 3 heterocycles. The molecule has 3 aromatic rings. The quantitative estimate of drug-likeness (QED) is 0.665. The summed E-state index contributed by atoms with van der Waals surface area (Å²) in [5, 5.41) is 27.4. The van der Waals surface area contributed by atoms with Crippen LogP contribution in [0.4, 0.5) is 0 Å². The fourth-order valence-corrected chi connectivity index (χ4v) is 3.77. The third-order valence-corrected chi connectivity index (χ3v) is 5.65. The molecule has 0 saturated carbocycles. The van der Waals surface area contributed by atoms with E-state index in [4.69, 9.17) is 4.74 Å². The van der Waals surface area contributed by atoms with Crippen molar-refractivity contribution in [3.8, 4) is 11.4 Å². The molecule has 0 spiro atoms. The van der Waals surface area contributed by atoms with Crippen molar-refractivity contribution in [3.63, 3.8) is 0 Å². The molecule has 10 heteroatoms. The van der Waals surface area contributed by atoms with Gasteiger partial charge < -0.3 is 14.7 Å². The fourth-order valence-electron chi connectivity index (χ4n) is 3.77.